The van der Waals surface area contributed by atoms with E-state index < -0.39 is 0 Å². The second kappa shape index (κ2) is 6.43. The lowest BCUT2D eigenvalue weighted by molar-refractivity contribution is -0.128. The SMILES string of the molecule is CC(=O)N(C)Cc1cccc(NCc2sccc2N)c1. The monoisotopic (exact) mass is 289 g/mol. The molecule has 20 heavy (non-hydrogen) atoms. The number of hydrogen-bond donors (Lipinski definition) is 2. The molecule has 0 spiro atoms. The number of thiophene rings is 1. The number of carbonyl (C=O) groups is 1. The van der Waals surface area contributed by atoms with Crippen molar-refractivity contribution in [2.24, 2.45) is 0 Å². The fraction of sp³-hybridized carbons (Fsp3) is 0.267. The summed E-state index contributed by atoms with van der Waals surface area (Å²) in [6.07, 6.45) is 0. The van der Waals surface area contributed by atoms with E-state index in [1.807, 2.05) is 29.6 Å². The normalized spacial score (nSPS) is 10.3. The van der Waals surface area contributed by atoms with Gasteiger partial charge < -0.3 is 16.0 Å². The number of benzene rings is 1. The maximum absolute atomic E-state index is 11.2. The van der Waals surface area contributed by atoms with E-state index in [0.717, 1.165) is 28.4 Å². The van der Waals surface area contributed by atoms with Gasteiger partial charge in [-0.15, -0.1) is 11.3 Å². The van der Waals surface area contributed by atoms with Gasteiger partial charge in [-0.1, -0.05) is 12.1 Å². The molecular formula is C15H19N3OS. The Hall–Kier alpha value is -2.01. The minimum Gasteiger partial charge on any atom is -0.398 e. The van der Waals surface area contributed by atoms with E-state index in [4.69, 9.17) is 5.73 Å². The average molecular weight is 289 g/mol. The van der Waals surface area contributed by atoms with Gasteiger partial charge >= 0.3 is 0 Å². The number of amides is 1. The standard InChI is InChI=1S/C15H19N3OS/c1-11(19)18(2)10-12-4-3-5-13(8-12)17-9-15-14(16)6-7-20-15/h3-8,17H,9-10,16H2,1-2H3. The number of nitrogens with two attached hydrogens (primary N) is 1. The van der Waals surface area contributed by atoms with Crippen molar-refractivity contribution >= 4 is 28.6 Å². The van der Waals surface area contributed by atoms with Crippen LogP contribution in [-0.2, 0) is 17.9 Å². The molecule has 2 rings (SSSR count). The lowest BCUT2D eigenvalue weighted by Crippen LogP contribution is -2.22. The van der Waals surface area contributed by atoms with E-state index in [0.29, 0.717) is 6.54 Å². The molecule has 0 unspecified atom stereocenters. The summed E-state index contributed by atoms with van der Waals surface area (Å²) in [5, 5.41) is 5.35. The van der Waals surface area contributed by atoms with Crippen LogP contribution in [0.15, 0.2) is 35.7 Å². The summed E-state index contributed by atoms with van der Waals surface area (Å²) >= 11 is 1.65. The minimum absolute atomic E-state index is 0.0646. The van der Waals surface area contributed by atoms with Crippen LogP contribution >= 0.6 is 11.3 Å². The van der Waals surface area contributed by atoms with Gasteiger partial charge in [0, 0.05) is 36.8 Å². The third-order valence-electron chi connectivity index (χ3n) is 3.12. The molecule has 0 saturated carbocycles. The molecular weight excluding hydrogens is 270 g/mol. The van der Waals surface area contributed by atoms with Gasteiger partial charge in [0.2, 0.25) is 5.91 Å². The van der Waals surface area contributed by atoms with Crippen LogP contribution in [0.4, 0.5) is 11.4 Å². The number of anilines is 2. The van der Waals surface area contributed by atoms with Crippen molar-refractivity contribution in [1.29, 1.82) is 0 Å². The molecule has 1 amide bonds. The van der Waals surface area contributed by atoms with Crippen molar-refractivity contribution in [3.05, 3.63) is 46.2 Å². The van der Waals surface area contributed by atoms with E-state index in [1.165, 1.54) is 0 Å². The lowest BCUT2D eigenvalue weighted by atomic mass is 10.2. The largest absolute Gasteiger partial charge is 0.398 e. The van der Waals surface area contributed by atoms with Crippen molar-refractivity contribution in [1.82, 2.24) is 4.90 Å². The van der Waals surface area contributed by atoms with Crippen molar-refractivity contribution in [2.75, 3.05) is 18.1 Å². The number of nitrogen functional groups attached to an aromatic ring is 1. The fourth-order valence-corrected chi connectivity index (χ4v) is 2.58. The highest BCUT2D eigenvalue weighted by Gasteiger charge is 2.04. The summed E-state index contributed by atoms with van der Waals surface area (Å²) in [6, 6.07) is 10.00. The maximum Gasteiger partial charge on any atom is 0.219 e. The zero-order valence-electron chi connectivity index (χ0n) is 11.7. The molecule has 0 atom stereocenters. The maximum atomic E-state index is 11.2. The van der Waals surface area contributed by atoms with E-state index in [1.54, 1.807) is 30.2 Å². The highest BCUT2D eigenvalue weighted by atomic mass is 32.1. The molecule has 0 fully saturated rings. The van der Waals surface area contributed by atoms with Gasteiger partial charge in [0.1, 0.15) is 0 Å². The zero-order chi connectivity index (χ0) is 14.5. The molecule has 4 nitrogen and oxygen atoms in total. The summed E-state index contributed by atoms with van der Waals surface area (Å²) in [7, 11) is 1.80. The van der Waals surface area contributed by atoms with E-state index in [9.17, 15) is 4.79 Å². The first-order valence-electron chi connectivity index (χ1n) is 6.42. The van der Waals surface area contributed by atoms with Crippen molar-refractivity contribution in [3.8, 4) is 0 Å². The smallest absolute Gasteiger partial charge is 0.219 e. The van der Waals surface area contributed by atoms with Crippen molar-refractivity contribution in [2.45, 2.75) is 20.0 Å². The minimum atomic E-state index is 0.0646. The van der Waals surface area contributed by atoms with E-state index in [-0.39, 0.29) is 5.91 Å². The predicted molar refractivity (Wildman–Crippen MR) is 84.6 cm³/mol. The molecule has 0 aliphatic carbocycles. The Bertz CT molecular complexity index is 594. The van der Waals surface area contributed by atoms with Crippen LogP contribution < -0.4 is 11.1 Å². The first kappa shape index (κ1) is 14.4. The number of hydrogen-bond acceptors (Lipinski definition) is 4. The van der Waals surface area contributed by atoms with Gasteiger partial charge in [0.05, 0.1) is 6.54 Å². The zero-order valence-corrected chi connectivity index (χ0v) is 12.5. The molecule has 106 valence electrons. The van der Waals surface area contributed by atoms with E-state index in [2.05, 4.69) is 11.4 Å². The lowest BCUT2D eigenvalue weighted by Gasteiger charge is -2.15. The third-order valence-corrected chi connectivity index (χ3v) is 4.05. The highest BCUT2D eigenvalue weighted by molar-refractivity contribution is 7.10. The number of carbonyl (C=O) groups excluding carboxylic acids is 1. The van der Waals surface area contributed by atoms with Gasteiger partial charge in [-0.25, -0.2) is 0 Å². The fourth-order valence-electron chi connectivity index (χ4n) is 1.84. The van der Waals surface area contributed by atoms with Crippen LogP contribution in [0.1, 0.15) is 17.4 Å². The average Bonchev–Trinajstić information content (AvgIpc) is 2.82. The molecule has 0 radical (unpaired) electrons. The molecule has 3 N–H and O–H groups in total. The highest BCUT2D eigenvalue weighted by Crippen LogP contribution is 2.21. The molecule has 0 bridgehead atoms. The Balaban J connectivity index is 1.99. The van der Waals surface area contributed by atoms with Gasteiger partial charge in [-0.3, -0.25) is 4.79 Å². The molecule has 5 heteroatoms. The summed E-state index contributed by atoms with van der Waals surface area (Å²) in [5.41, 5.74) is 8.83. The predicted octanol–water partition coefficient (Wildman–Crippen LogP) is 2.92. The van der Waals surface area contributed by atoms with Gasteiger partial charge in [0.25, 0.3) is 0 Å². The molecule has 0 aliphatic heterocycles. The van der Waals surface area contributed by atoms with Crippen molar-refractivity contribution in [3.63, 3.8) is 0 Å². The van der Waals surface area contributed by atoms with Crippen LogP contribution in [0, 0.1) is 0 Å². The molecule has 1 heterocycles. The van der Waals surface area contributed by atoms with Gasteiger partial charge in [-0.05, 0) is 29.1 Å². The summed E-state index contributed by atoms with van der Waals surface area (Å²) in [5.74, 6) is 0.0646. The Labute approximate surface area is 123 Å². The first-order valence-corrected chi connectivity index (χ1v) is 7.30. The van der Waals surface area contributed by atoms with Crippen LogP contribution in [0.5, 0.6) is 0 Å². The number of nitrogens with zero attached hydrogens (tertiary/aromatic N) is 1. The second-order valence-electron chi connectivity index (χ2n) is 4.73. The van der Waals surface area contributed by atoms with Crippen LogP contribution in [0.3, 0.4) is 0 Å². The molecule has 0 aliphatic rings. The van der Waals surface area contributed by atoms with Crippen LogP contribution in [0.2, 0.25) is 0 Å². The summed E-state index contributed by atoms with van der Waals surface area (Å²) < 4.78 is 0. The molecule has 2 aromatic rings. The molecule has 1 aromatic heterocycles. The van der Waals surface area contributed by atoms with Crippen LogP contribution in [-0.4, -0.2) is 17.9 Å². The van der Waals surface area contributed by atoms with Crippen LogP contribution in [0.25, 0.3) is 0 Å². The number of rotatable bonds is 5. The molecule has 1 aromatic carbocycles. The Morgan fingerprint density at radius 3 is 2.85 bits per heavy atom. The number of nitrogens with one attached hydrogen (secondary N) is 1. The topological polar surface area (TPSA) is 58.4 Å². The second-order valence-corrected chi connectivity index (χ2v) is 5.73. The first-order chi connectivity index (χ1) is 9.56. The Kier molecular flexibility index (Phi) is 4.63. The summed E-state index contributed by atoms with van der Waals surface area (Å²) in [4.78, 5) is 14.1. The van der Waals surface area contributed by atoms with Gasteiger partial charge in [-0.2, -0.15) is 0 Å². The Morgan fingerprint density at radius 1 is 1.40 bits per heavy atom. The summed E-state index contributed by atoms with van der Waals surface area (Å²) in [6.45, 7) is 2.91. The van der Waals surface area contributed by atoms with Crippen molar-refractivity contribution < 1.29 is 4.79 Å². The molecule has 0 saturated heterocycles. The third kappa shape index (κ3) is 3.74. The van der Waals surface area contributed by atoms with Gasteiger partial charge in [0.15, 0.2) is 0 Å². The van der Waals surface area contributed by atoms with E-state index >= 15 is 0 Å². The quantitative estimate of drug-likeness (QED) is 0.889. The Morgan fingerprint density at radius 2 is 2.20 bits per heavy atom.